The number of amides is 1. The molecule has 2 atom stereocenters. The van der Waals surface area contributed by atoms with Crippen LogP contribution in [0.1, 0.15) is 48.7 Å². The van der Waals surface area contributed by atoms with Crippen molar-refractivity contribution in [3.63, 3.8) is 0 Å². The van der Waals surface area contributed by atoms with Gasteiger partial charge in [0.05, 0.1) is 12.3 Å². The van der Waals surface area contributed by atoms with Gasteiger partial charge in [0.15, 0.2) is 0 Å². The van der Waals surface area contributed by atoms with E-state index < -0.39 is 0 Å². The second-order valence-electron chi connectivity index (χ2n) is 6.05. The molecule has 0 aliphatic heterocycles. The van der Waals surface area contributed by atoms with Crippen molar-refractivity contribution in [3.05, 3.63) is 17.5 Å². The van der Waals surface area contributed by atoms with Crippen LogP contribution in [0.2, 0.25) is 0 Å². The third-order valence-corrected chi connectivity index (χ3v) is 4.77. The molecule has 2 aliphatic carbocycles. The van der Waals surface area contributed by atoms with Gasteiger partial charge in [-0.25, -0.2) is 4.79 Å². The molecule has 2 unspecified atom stereocenters. The summed E-state index contributed by atoms with van der Waals surface area (Å²) in [5.41, 5.74) is 1.70. The Morgan fingerprint density at radius 1 is 1.33 bits per heavy atom. The minimum Gasteiger partial charge on any atom is -0.462 e. The number of hydrogen-bond donors (Lipinski definition) is 2. The Hall–Kier alpha value is -1.78. The molecule has 2 aliphatic rings. The van der Waals surface area contributed by atoms with E-state index in [1.807, 2.05) is 0 Å². The SMILES string of the molecule is CCOC(=O)c1c(NC(=O)C2C3CCCCC32)c[nH]c1C. The van der Waals surface area contributed by atoms with E-state index in [1.165, 1.54) is 25.7 Å². The second kappa shape index (κ2) is 5.54. The lowest BCUT2D eigenvalue weighted by atomic mass is 10.0. The lowest BCUT2D eigenvalue weighted by Gasteiger charge is -2.07. The van der Waals surface area contributed by atoms with Crippen LogP contribution in [0, 0.1) is 24.7 Å². The zero-order chi connectivity index (χ0) is 15.0. The topological polar surface area (TPSA) is 71.2 Å². The Kier molecular flexibility index (Phi) is 3.74. The molecule has 1 aromatic heterocycles. The number of aromatic amines is 1. The number of aromatic nitrogens is 1. The predicted octanol–water partition coefficient (Wildman–Crippen LogP) is 2.87. The van der Waals surface area contributed by atoms with Gasteiger partial charge < -0.3 is 15.0 Å². The average Bonchev–Trinajstić information content (AvgIpc) is 3.09. The van der Waals surface area contributed by atoms with Crippen molar-refractivity contribution in [1.29, 1.82) is 0 Å². The summed E-state index contributed by atoms with van der Waals surface area (Å²) in [6.45, 7) is 3.90. The van der Waals surface area contributed by atoms with Crippen LogP contribution >= 0.6 is 0 Å². The lowest BCUT2D eigenvalue weighted by Crippen LogP contribution is -2.17. The molecule has 2 N–H and O–H groups in total. The van der Waals surface area contributed by atoms with Crippen molar-refractivity contribution >= 4 is 17.6 Å². The fourth-order valence-corrected chi connectivity index (χ4v) is 3.69. The Balaban J connectivity index is 1.70. The van der Waals surface area contributed by atoms with Crippen LogP contribution in [-0.4, -0.2) is 23.5 Å². The molecule has 2 saturated carbocycles. The van der Waals surface area contributed by atoms with Crippen LogP contribution in [-0.2, 0) is 9.53 Å². The molecule has 0 aromatic carbocycles. The lowest BCUT2D eigenvalue weighted by molar-refractivity contribution is -0.117. The first kappa shape index (κ1) is 14.2. The van der Waals surface area contributed by atoms with Crippen LogP contribution < -0.4 is 5.32 Å². The molecule has 1 heterocycles. The van der Waals surface area contributed by atoms with Gasteiger partial charge >= 0.3 is 5.97 Å². The van der Waals surface area contributed by atoms with E-state index in [0.29, 0.717) is 29.7 Å². The fraction of sp³-hybridized carbons (Fsp3) is 0.625. The number of esters is 1. The molecule has 2 fully saturated rings. The van der Waals surface area contributed by atoms with E-state index in [2.05, 4.69) is 10.3 Å². The fourth-order valence-electron chi connectivity index (χ4n) is 3.69. The molecular formula is C16H22N2O3. The van der Waals surface area contributed by atoms with Gasteiger partial charge in [-0.3, -0.25) is 4.79 Å². The number of carbonyl (C=O) groups excluding carboxylic acids is 2. The highest BCUT2D eigenvalue weighted by Crippen LogP contribution is 2.55. The van der Waals surface area contributed by atoms with Gasteiger partial charge in [0, 0.05) is 17.8 Å². The number of H-pyrrole nitrogens is 1. The monoisotopic (exact) mass is 290 g/mol. The molecule has 5 heteroatoms. The third kappa shape index (κ3) is 2.57. The minimum absolute atomic E-state index is 0.0523. The number of ether oxygens (including phenoxy) is 1. The van der Waals surface area contributed by atoms with Crippen molar-refractivity contribution in [2.45, 2.75) is 39.5 Å². The molecule has 0 radical (unpaired) electrons. The number of fused-ring (bicyclic) bond motifs is 1. The van der Waals surface area contributed by atoms with E-state index in [1.54, 1.807) is 20.0 Å². The largest absolute Gasteiger partial charge is 0.462 e. The zero-order valence-electron chi connectivity index (χ0n) is 12.6. The Morgan fingerprint density at radius 2 is 2.00 bits per heavy atom. The van der Waals surface area contributed by atoms with Crippen molar-refractivity contribution < 1.29 is 14.3 Å². The van der Waals surface area contributed by atoms with Crippen LogP contribution in [0.15, 0.2) is 6.20 Å². The minimum atomic E-state index is -0.389. The molecule has 21 heavy (non-hydrogen) atoms. The molecule has 0 spiro atoms. The van der Waals surface area contributed by atoms with Gasteiger partial charge in [-0.2, -0.15) is 0 Å². The molecule has 1 amide bonds. The van der Waals surface area contributed by atoms with Crippen LogP contribution in [0.4, 0.5) is 5.69 Å². The molecule has 3 rings (SSSR count). The van der Waals surface area contributed by atoms with Gasteiger partial charge in [0.25, 0.3) is 0 Å². The van der Waals surface area contributed by atoms with Gasteiger partial charge in [0.2, 0.25) is 5.91 Å². The first-order valence-corrected chi connectivity index (χ1v) is 7.79. The summed E-state index contributed by atoms with van der Waals surface area (Å²) in [7, 11) is 0. The maximum atomic E-state index is 12.4. The van der Waals surface area contributed by atoms with Gasteiger partial charge in [-0.1, -0.05) is 12.8 Å². The smallest absolute Gasteiger partial charge is 0.342 e. The summed E-state index contributed by atoms with van der Waals surface area (Å²) in [6.07, 6.45) is 6.48. The van der Waals surface area contributed by atoms with E-state index in [4.69, 9.17) is 4.74 Å². The zero-order valence-corrected chi connectivity index (χ0v) is 12.6. The highest BCUT2D eigenvalue weighted by molar-refractivity contribution is 6.03. The van der Waals surface area contributed by atoms with E-state index in [9.17, 15) is 9.59 Å². The molecule has 0 bridgehead atoms. The van der Waals surface area contributed by atoms with E-state index in [0.717, 1.165) is 5.69 Å². The van der Waals surface area contributed by atoms with Crippen molar-refractivity contribution in [2.75, 3.05) is 11.9 Å². The van der Waals surface area contributed by atoms with Gasteiger partial charge in [0.1, 0.15) is 5.56 Å². The average molecular weight is 290 g/mol. The summed E-state index contributed by atoms with van der Waals surface area (Å²) in [4.78, 5) is 27.4. The quantitative estimate of drug-likeness (QED) is 0.838. The van der Waals surface area contributed by atoms with Crippen molar-refractivity contribution in [1.82, 2.24) is 4.98 Å². The molecular weight excluding hydrogens is 268 g/mol. The molecule has 1 aromatic rings. The first-order chi connectivity index (χ1) is 10.1. The highest BCUT2D eigenvalue weighted by Gasteiger charge is 2.54. The summed E-state index contributed by atoms with van der Waals surface area (Å²) >= 11 is 0. The summed E-state index contributed by atoms with van der Waals surface area (Å²) in [5.74, 6) is 0.920. The van der Waals surface area contributed by atoms with Crippen LogP contribution in [0.3, 0.4) is 0 Å². The Morgan fingerprint density at radius 3 is 2.62 bits per heavy atom. The second-order valence-corrected chi connectivity index (χ2v) is 6.05. The van der Waals surface area contributed by atoms with Crippen molar-refractivity contribution in [2.24, 2.45) is 17.8 Å². The van der Waals surface area contributed by atoms with Crippen molar-refractivity contribution in [3.8, 4) is 0 Å². The first-order valence-electron chi connectivity index (χ1n) is 7.79. The Bertz CT molecular complexity index is 552. The predicted molar refractivity (Wildman–Crippen MR) is 79.1 cm³/mol. The summed E-state index contributed by atoms with van der Waals surface area (Å²) in [5, 5.41) is 2.92. The number of carbonyl (C=O) groups is 2. The highest BCUT2D eigenvalue weighted by atomic mass is 16.5. The van der Waals surface area contributed by atoms with E-state index in [-0.39, 0.29) is 17.8 Å². The van der Waals surface area contributed by atoms with Gasteiger partial charge in [-0.15, -0.1) is 0 Å². The Labute approximate surface area is 124 Å². The van der Waals surface area contributed by atoms with Gasteiger partial charge in [-0.05, 0) is 38.5 Å². The standard InChI is InChI=1S/C16H22N2O3/c1-3-21-16(20)13-9(2)17-8-12(13)18-15(19)14-10-6-4-5-7-11(10)14/h8,10-11,14,17H,3-7H2,1-2H3,(H,18,19). The normalized spacial score (nSPS) is 26.9. The summed E-state index contributed by atoms with van der Waals surface area (Å²) < 4.78 is 5.05. The van der Waals surface area contributed by atoms with Crippen LogP contribution in [0.5, 0.6) is 0 Å². The maximum Gasteiger partial charge on any atom is 0.342 e. The summed E-state index contributed by atoms with van der Waals surface area (Å²) in [6, 6.07) is 0. The third-order valence-electron chi connectivity index (χ3n) is 4.77. The molecule has 114 valence electrons. The maximum absolute atomic E-state index is 12.4. The number of rotatable bonds is 4. The number of hydrogen-bond acceptors (Lipinski definition) is 3. The number of aryl methyl sites for hydroxylation is 1. The number of anilines is 1. The van der Waals surface area contributed by atoms with E-state index >= 15 is 0 Å². The molecule has 0 saturated heterocycles. The van der Waals surface area contributed by atoms with Crippen LogP contribution in [0.25, 0.3) is 0 Å². The molecule has 5 nitrogen and oxygen atoms in total. The number of nitrogens with one attached hydrogen (secondary N) is 2.